The van der Waals surface area contributed by atoms with E-state index in [2.05, 4.69) is 38.0 Å². The molecule has 0 aliphatic carbocycles. The average Bonchev–Trinajstić information content (AvgIpc) is 2.57. The summed E-state index contributed by atoms with van der Waals surface area (Å²) in [5.74, 6) is 0.119. The van der Waals surface area contributed by atoms with Crippen LogP contribution in [-0.2, 0) is 20.7 Å². The minimum atomic E-state index is -0.852. The van der Waals surface area contributed by atoms with Crippen molar-refractivity contribution in [3.05, 3.63) is 48.0 Å². The van der Waals surface area contributed by atoms with Crippen molar-refractivity contribution in [2.75, 3.05) is 6.54 Å². The molecule has 2 amide bonds. The fourth-order valence-electron chi connectivity index (χ4n) is 1.95. The molecule has 0 unspecified atom stereocenters. The van der Waals surface area contributed by atoms with E-state index in [1.54, 1.807) is 27.7 Å². The van der Waals surface area contributed by atoms with Crippen molar-refractivity contribution in [3.63, 3.8) is 0 Å². The van der Waals surface area contributed by atoms with Crippen molar-refractivity contribution in [2.24, 2.45) is 5.92 Å². The zero-order valence-electron chi connectivity index (χ0n) is 18.8. The number of ether oxygens (including phenoxy) is 1. The Hall–Kier alpha value is -2.63. The van der Waals surface area contributed by atoms with Crippen molar-refractivity contribution in [1.29, 1.82) is 0 Å². The fraction of sp³-hybridized carbons (Fsp3) is 0.522. The second-order valence-electron chi connectivity index (χ2n) is 8.54. The van der Waals surface area contributed by atoms with Gasteiger partial charge in [-0.2, -0.15) is 0 Å². The summed E-state index contributed by atoms with van der Waals surface area (Å²) in [6.07, 6.45) is -0.400. The smallest absolute Gasteiger partial charge is 0.408 e. The summed E-state index contributed by atoms with van der Waals surface area (Å²) in [5, 5.41) is 5.10. The number of rotatable bonds is 7. The van der Waals surface area contributed by atoms with Crippen LogP contribution >= 0.6 is 0 Å². The van der Waals surface area contributed by atoms with Crippen LogP contribution in [0.25, 0.3) is 0 Å². The number of alkyl carbamates (subject to hydrolysis) is 1. The van der Waals surface area contributed by atoms with Crippen LogP contribution in [0.15, 0.2) is 42.5 Å². The summed E-state index contributed by atoms with van der Waals surface area (Å²) in [6, 6.07) is 8.43. The van der Waals surface area contributed by atoms with Crippen LogP contribution in [0.1, 0.15) is 54.0 Å². The summed E-state index contributed by atoms with van der Waals surface area (Å²) in [4.78, 5) is 36.0. The molecule has 0 saturated carbocycles. The number of benzene rings is 1. The van der Waals surface area contributed by atoms with Crippen molar-refractivity contribution in [2.45, 2.75) is 66.5 Å². The van der Waals surface area contributed by atoms with Gasteiger partial charge in [0.05, 0.1) is 6.54 Å². The third-order valence-corrected chi connectivity index (χ3v) is 3.19. The van der Waals surface area contributed by atoms with Gasteiger partial charge in [0.2, 0.25) is 5.91 Å². The molecule has 2 N–H and O–H groups in total. The highest BCUT2D eigenvalue weighted by Gasteiger charge is 2.25. The van der Waals surface area contributed by atoms with Crippen LogP contribution in [0.2, 0.25) is 0 Å². The molecule has 0 heterocycles. The highest BCUT2D eigenvalue weighted by molar-refractivity contribution is 5.98. The molecule has 1 aromatic rings. The van der Waals surface area contributed by atoms with Crippen LogP contribution in [0.3, 0.4) is 0 Å². The Labute approximate surface area is 175 Å². The van der Waals surface area contributed by atoms with E-state index in [0.717, 1.165) is 11.5 Å². The molecule has 0 aromatic heterocycles. The van der Waals surface area contributed by atoms with Gasteiger partial charge < -0.3 is 15.4 Å². The van der Waals surface area contributed by atoms with Crippen LogP contribution < -0.4 is 10.6 Å². The van der Waals surface area contributed by atoms with Crippen molar-refractivity contribution >= 4 is 17.8 Å². The molecule has 0 radical (unpaired) electrons. The molecule has 29 heavy (non-hydrogen) atoms. The summed E-state index contributed by atoms with van der Waals surface area (Å²) < 4.78 is 5.21. The van der Waals surface area contributed by atoms with E-state index in [9.17, 15) is 14.4 Å². The molecular formula is C23H36N2O4. The lowest BCUT2D eigenvalue weighted by Gasteiger charge is -2.23. The number of ketones is 1. The van der Waals surface area contributed by atoms with Crippen LogP contribution in [0.4, 0.5) is 4.79 Å². The van der Waals surface area contributed by atoms with Gasteiger partial charge in [0.1, 0.15) is 11.6 Å². The van der Waals surface area contributed by atoms with E-state index in [-0.39, 0.29) is 18.7 Å². The highest BCUT2D eigenvalue weighted by Crippen LogP contribution is 2.08. The summed E-state index contributed by atoms with van der Waals surface area (Å²) in [7, 11) is 0. The predicted octanol–water partition coefficient (Wildman–Crippen LogP) is 4.05. The molecule has 6 heteroatoms. The number of carbonyl (C=O) groups excluding carboxylic acids is 3. The van der Waals surface area contributed by atoms with Gasteiger partial charge in [-0.3, -0.25) is 9.59 Å². The number of Topliss-reactive ketones (excluding diaryl/α,β-unsaturated/α-hetero) is 1. The zero-order chi connectivity index (χ0) is 22.6. The van der Waals surface area contributed by atoms with E-state index < -0.39 is 23.6 Å². The third-order valence-electron chi connectivity index (χ3n) is 3.19. The Bertz CT molecular complexity index is 673. The second kappa shape index (κ2) is 12.8. The Morgan fingerprint density at radius 1 is 1.07 bits per heavy atom. The maximum atomic E-state index is 12.4. The lowest BCUT2D eigenvalue weighted by Crippen LogP contribution is -2.50. The van der Waals surface area contributed by atoms with Crippen molar-refractivity contribution < 1.29 is 19.1 Å². The first-order valence-corrected chi connectivity index (χ1v) is 9.81. The predicted molar refractivity (Wildman–Crippen MR) is 117 cm³/mol. The zero-order valence-corrected chi connectivity index (χ0v) is 18.8. The maximum Gasteiger partial charge on any atom is 0.408 e. The molecule has 1 rings (SSSR count). The Kier molecular flexibility index (Phi) is 11.6. The van der Waals surface area contributed by atoms with Crippen LogP contribution in [-0.4, -0.2) is 36.0 Å². The highest BCUT2D eigenvalue weighted by atomic mass is 16.6. The van der Waals surface area contributed by atoms with Gasteiger partial charge >= 0.3 is 6.09 Å². The average molecular weight is 405 g/mol. The van der Waals surface area contributed by atoms with Gasteiger partial charge in [-0.1, -0.05) is 57.7 Å². The first kappa shape index (κ1) is 26.4. The van der Waals surface area contributed by atoms with Gasteiger partial charge in [-0.25, -0.2) is 4.79 Å². The molecule has 0 fully saturated rings. The van der Waals surface area contributed by atoms with Gasteiger partial charge in [0.25, 0.3) is 0 Å². The second-order valence-corrected chi connectivity index (χ2v) is 8.54. The number of amides is 2. The molecule has 1 aromatic carbocycles. The van der Waals surface area contributed by atoms with Gasteiger partial charge in [0, 0.05) is 6.42 Å². The van der Waals surface area contributed by atoms with E-state index in [1.165, 1.54) is 0 Å². The Morgan fingerprint density at radius 2 is 1.59 bits per heavy atom. The molecule has 0 aliphatic rings. The molecule has 6 nitrogen and oxygen atoms in total. The topological polar surface area (TPSA) is 84.5 Å². The largest absolute Gasteiger partial charge is 0.444 e. The monoisotopic (exact) mass is 404 g/mol. The molecule has 0 saturated heterocycles. The van der Waals surface area contributed by atoms with Crippen LogP contribution in [0.5, 0.6) is 0 Å². The number of carbonyl (C=O) groups is 3. The number of nitrogens with one attached hydrogen (secondary N) is 2. The molecule has 0 spiro atoms. The minimum absolute atomic E-state index is 0.157. The molecule has 0 bridgehead atoms. The van der Waals surface area contributed by atoms with Crippen molar-refractivity contribution in [1.82, 2.24) is 10.6 Å². The van der Waals surface area contributed by atoms with E-state index in [4.69, 9.17) is 4.74 Å². The van der Waals surface area contributed by atoms with Gasteiger partial charge in [0.15, 0.2) is 5.78 Å². The fourth-order valence-corrected chi connectivity index (χ4v) is 1.95. The standard InChI is InChI=1S/C19H26N2O4.C4H10/c1-13(2)16(22)12-20-17(23)15(11-14-9-7-6-8-10-14)21-18(24)25-19(3,4)5;1-4(2)3/h6-10,15H,1,11-12H2,2-5H3,(H,20,23)(H,21,24);4H,1-3H3/t15-;/m0./s1. The molecule has 162 valence electrons. The number of hydrogen-bond donors (Lipinski definition) is 2. The summed E-state index contributed by atoms with van der Waals surface area (Å²) in [6.45, 7) is 16.7. The lowest BCUT2D eigenvalue weighted by atomic mass is 10.1. The molecule has 0 aliphatic heterocycles. The molecule has 1 atom stereocenters. The third kappa shape index (κ3) is 14.1. The SMILES string of the molecule is C=C(C)C(=O)CNC(=O)[C@H](Cc1ccccc1)NC(=O)OC(C)(C)C.CC(C)C. The Balaban J connectivity index is 0.00000178. The van der Waals surface area contributed by atoms with Crippen molar-refractivity contribution in [3.8, 4) is 0 Å². The Morgan fingerprint density at radius 3 is 2.03 bits per heavy atom. The number of hydrogen-bond acceptors (Lipinski definition) is 4. The minimum Gasteiger partial charge on any atom is -0.444 e. The summed E-state index contributed by atoms with van der Waals surface area (Å²) >= 11 is 0. The molecular weight excluding hydrogens is 368 g/mol. The van der Waals surface area contributed by atoms with Crippen LogP contribution in [0, 0.1) is 5.92 Å². The lowest BCUT2D eigenvalue weighted by molar-refractivity contribution is -0.125. The maximum absolute atomic E-state index is 12.4. The van der Waals surface area contributed by atoms with Gasteiger partial charge in [-0.05, 0) is 44.7 Å². The first-order chi connectivity index (χ1) is 13.3. The van der Waals surface area contributed by atoms with Gasteiger partial charge in [-0.15, -0.1) is 0 Å². The quantitative estimate of drug-likeness (QED) is 0.672. The van der Waals surface area contributed by atoms with E-state index in [0.29, 0.717) is 5.57 Å². The summed E-state index contributed by atoms with van der Waals surface area (Å²) in [5.41, 5.74) is 0.568. The van der Waals surface area contributed by atoms with E-state index in [1.807, 2.05) is 30.3 Å². The van der Waals surface area contributed by atoms with E-state index >= 15 is 0 Å². The first-order valence-electron chi connectivity index (χ1n) is 9.81. The normalized spacial score (nSPS) is 11.6.